The van der Waals surface area contributed by atoms with Crippen LogP contribution < -0.4 is 10.5 Å². The average Bonchev–Trinajstić information content (AvgIpc) is 2.88. The number of nitrogens with two attached hydrogens (primary N) is 1. The van der Waals surface area contributed by atoms with E-state index in [1.54, 1.807) is 12.1 Å². The number of nitrogens with zero attached hydrogens (tertiary/aromatic N) is 2. The summed E-state index contributed by atoms with van der Waals surface area (Å²) in [5, 5.41) is 4.77. The van der Waals surface area contributed by atoms with Crippen molar-refractivity contribution in [3.8, 4) is 17.2 Å². The first kappa shape index (κ1) is 16.4. The van der Waals surface area contributed by atoms with Gasteiger partial charge in [-0.3, -0.25) is 0 Å². The van der Waals surface area contributed by atoms with E-state index >= 15 is 0 Å². The number of hydrogen-bond donors (Lipinski definition) is 1. The molecule has 5 nitrogen and oxygen atoms in total. The normalized spacial score (nSPS) is 16.0. The zero-order valence-electron chi connectivity index (χ0n) is 11.2. The van der Waals surface area contributed by atoms with Crippen LogP contribution in [0.5, 0.6) is 5.75 Å². The molecule has 0 radical (unpaired) electrons. The lowest BCUT2D eigenvalue weighted by Gasteiger charge is -2.34. The Balaban J connectivity index is 0.00000161. The van der Waals surface area contributed by atoms with Crippen molar-refractivity contribution < 1.29 is 9.26 Å². The molecule has 0 aliphatic heterocycles. The molecule has 1 heterocycles. The van der Waals surface area contributed by atoms with Crippen LogP contribution in [0.15, 0.2) is 16.7 Å². The van der Waals surface area contributed by atoms with E-state index in [1.165, 1.54) is 7.11 Å². The lowest BCUT2D eigenvalue weighted by atomic mass is 9.77. The van der Waals surface area contributed by atoms with Crippen LogP contribution in [-0.2, 0) is 5.54 Å². The van der Waals surface area contributed by atoms with Crippen molar-refractivity contribution in [1.29, 1.82) is 0 Å². The fraction of sp³-hybridized carbons (Fsp3) is 0.385. The molecular weight excluding hydrogens is 337 g/mol. The van der Waals surface area contributed by atoms with E-state index in [0.717, 1.165) is 19.3 Å². The molecule has 114 valence electrons. The van der Waals surface area contributed by atoms with Crippen molar-refractivity contribution in [3.05, 3.63) is 28.0 Å². The van der Waals surface area contributed by atoms with Crippen molar-refractivity contribution in [2.75, 3.05) is 7.11 Å². The average molecular weight is 351 g/mol. The van der Waals surface area contributed by atoms with E-state index in [4.69, 9.17) is 38.2 Å². The third kappa shape index (κ3) is 2.83. The molecule has 0 bridgehead atoms. The van der Waals surface area contributed by atoms with Crippen molar-refractivity contribution in [3.63, 3.8) is 0 Å². The molecule has 1 saturated carbocycles. The van der Waals surface area contributed by atoms with Crippen LogP contribution in [0.2, 0.25) is 10.0 Å². The zero-order valence-corrected chi connectivity index (χ0v) is 13.6. The Morgan fingerprint density at radius 3 is 2.52 bits per heavy atom. The van der Waals surface area contributed by atoms with Gasteiger partial charge in [-0.2, -0.15) is 4.98 Å². The van der Waals surface area contributed by atoms with Gasteiger partial charge in [0.25, 0.3) is 5.89 Å². The summed E-state index contributed by atoms with van der Waals surface area (Å²) in [7, 11) is 1.54. The van der Waals surface area contributed by atoms with Crippen LogP contribution in [0.1, 0.15) is 25.1 Å². The van der Waals surface area contributed by atoms with Gasteiger partial charge in [0.05, 0.1) is 28.3 Å². The van der Waals surface area contributed by atoms with Gasteiger partial charge in [-0.15, -0.1) is 12.4 Å². The first-order valence-corrected chi connectivity index (χ1v) is 6.95. The van der Waals surface area contributed by atoms with Gasteiger partial charge in [-0.25, -0.2) is 0 Å². The van der Waals surface area contributed by atoms with Crippen molar-refractivity contribution in [1.82, 2.24) is 10.1 Å². The number of hydrogen-bond acceptors (Lipinski definition) is 5. The largest absolute Gasteiger partial charge is 0.496 e. The zero-order chi connectivity index (χ0) is 14.3. The summed E-state index contributed by atoms with van der Waals surface area (Å²) in [4.78, 5) is 4.37. The number of benzene rings is 1. The van der Waals surface area contributed by atoms with Crippen LogP contribution in [0.4, 0.5) is 0 Å². The fourth-order valence-electron chi connectivity index (χ4n) is 2.18. The molecule has 1 aliphatic carbocycles. The summed E-state index contributed by atoms with van der Waals surface area (Å²) in [6, 6.07) is 3.26. The van der Waals surface area contributed by atoms with Crippen LogP contribution in [-0.4, -0.2) is 17.3 Å². The Bertz CT molecular complexity index is 656. The molecule has 0 unspecified atom stereocenters. The molecule has 0 amide bonds. The predicted octanol–water partition coefficient (Wildman–Crippen LogP) is 3.81. The van der Waals surface area contributed by atoms with Crippen LogP contribution >= 0.6 is 35.6 Å². The highest BCUT2D eigenvalue weighted by molar-refractivity contribution is 6.42. The maximum absolute atomic E-state index is 6.18. The molecule has 0 atom stereocenters. The molecular formula is C13H14Cl3N3O2. The van der Waals surface area contributed by atoms with Gasteiger partial charge in [0.1, 0.15) is 5.75 Å². The van der Waals surface area contributed by atoms with Gasteiger partial charge in [0.2, 0.25) is 0 Å². The van der Waals surface area contributed by atoms with Gasteiger partial charge in [0.15, 0.2) is 5.82 Å². The molecule has 0 spiro atoms. The second-order valence-corrected chi connectivity index (χ2v) is 5.71. The molecule has 2 N–H and O–H groups in total. The monoisotopic (exact) mass is 349 g/mol. The minimum atomic E-state index is -0.467. The number of halogens is 3. The Morgan fingerprint density at radius 1 is 1.29 bits per heavy atom. The fourth-order valence-corrected chi connectivity index (χ4v) is 2.50. The van der Waals surface area contributed by atoms with Crippen LogP contribution in [0.25, 0.3) is 11.5 Å². The number of ether oxygens (including phenoxy) is 1. The lowest BCUT2D eigenvalue weighted by Crippen LogP contribution is -2.44. The van der Waals surface area contributed by atoms with Crippen molar-refractivity contribution in [2.24, 2.45) is 5.73 Å². The number of aromatic nitrogens is 2. The highest BCUT2D eigenvalue weighted by Crippen LogP contribution is 2.40. The minimum absolute atomic E-state index is 0. The summed E-state index contributed by atoms with van der Waals surface area (Å²) in [5.74, 6) is 1.37. The molecule has 1 aromatic carbocycles. The van der Waals surface area contributed by atoms with Crippen molar-refractivity contribution in [2.45, 2.75) is 24.8 Å². The Kier molecular flexibility index (Phi) is 4.68. The third-order valence-electron chi connectivity index (χ3n) is 3.59. The number of rotatable bonds is 3. The van der Waals surface area contributed by atoms with E-state index in [2.05, 4.69) is 10.1 Å². The Hall–Kier alpha value is -1.01. The van der Waals surface area contributed by atoms with Crippen LogP contribution in [0, 0.1) is 0 Å². The van der Waals surface area contributed by atoms with Crippen molar-refractivity contribution >= 4 is 35.6 Å². The van der Waals surface area contributed by atoms with Gasteiger partial charge < -0.3 is 15.0 Å². The summed E-state index contributed by atoms with van der Waals surface area (Å²) >= 11 is 12.0. The molecule has 3 rings (SSSR count). The van der Waals surface area contributed by atoms with E-state index in [0.29, 0.717) is 33.1 Å². The summed E-state index contributed by atoms with van der Waals surface area (Å²) in [5.41, 5.74) is 6.31. The minimum Gasteiger partial charge on any atom is -0.496 e. The molecule has 1 fully saturated rings. The van der Waals surface area contributed by atoms with E-state index in [9.17, 15) is 0 Å². The van der Waals surface area contributed by atoms with Gasteiger partial charge in [-0.1, -0.05) is 28.4 Å². The third-order valence-corrected chi connectivity index (χ3v) is 4.31. The maximum Gasteiger partial charge on any atom is 0.261 e. The summed E-state index contributed by atoms with van der Waals surface area (Å²) in [6.45, 7) is 0. The second kappa shape index (κ2) is 6.01. The maximum atomic E-state index is 6.18. The SMILES string of the molecule is COc1cc(Cl)c(Cl)cc1-c1nc(C2(N)CCC2)no1.Cl. The van der Waals surface area contributed by atoms with E-state index in [-0.39, 0.29) is 12.4 Å². The first-order chi connectivity index (χ1) is 9.53. The Labute approximate surface area is 138 Å². The molecule has 8 heteroatoms. The smallest absolute Gasteiger partial charge is 0.261 e. The first-order valence-electron chi connectivity index (χ1n) is 6.20. The van der Waals surface area contributed by atoms with E-state index < -0.39 is 5.54 Å². The second-order valence-electron chi connectivity index (χ2n) is 4.90. The highest BCUT2D eigenvalue weighted by atomic mass is 35.5. The molecule has 1 aromatic heterocycles. The standard InChI is InChI=1S/C13H13Cl2N3O2.ClH/c1-19-10-6-9(15)8(14)5-7(10)11-17-12(18-20-11)13(16)3-2-4-13;/h5-6H,2-4,16H2,1H3;1H. The quantitative estimate of drug-likeness (QED) is 0.911. The van der Waals surface area contributed by atoms with Gasteiger partial charge in [0, 0.05) is 6.07 Å². The Morgan fingerprint density at radius 2 is 1.95 bits per heavy atom. The summed E-state index contributed by atoms with van der Waals surface area (Å²) in [6.07, 6.45) is 2.81. The topological polar surface area (TPSA) is 74.2 Å². The molecule has 21 heavy (non-hydrogen) atoms. The summed E-state index contributed by atoms with van der Waals surface area (Å²) < 4.78 is 10.6. The van der Waals surface area contributed by atoms with Gasteiger partial charge in [-0.05, 0) is 25.3 Å². The predicted molar refractivity (Wildman–Crippen MR) is 83.3 cm³/mol. The molecule has 1 aliphatic rings. The van der Waals surface area contributed by atoms with Gasteiger partial charge >= 0.3 is 0 Å². The molecule has 0 saturated heterocycles. The van der Waals surface area contributed by atoms with E-state index in [1.807, 2.05) is 0 Å². The lowest BCUT2D eigenvalue weighted by molar-refractivity contribution is 0.229. The number of methoxy groups -OCH3 is 1. The molecule has 2 aromatic rings. The van der Waals surface area contributed by atoms with Crippen LogP contribution in [0.3, 0.4) is 0 Å². The highest BCUT2D eigenvalue weighted by Gasteiger charge is 2.39.